The summed E-state index contributed by atoms with van der Waals surface area (Å²) in [6.45, 7) is 1.57. The van der Waals surface area contributed by atoms with E-state index in [0.29, 0.717) is 16.9 Å². The van der Waals surface area contributed by atoms with E-state index in [-0.39, 0.29) is 18.2 Å². The molecule has 0 fully saturated rings. The summed E-state index contributed by atoms with van der Waals surface area (Å²) in [4.78, 5) is 13.6. The zero-order valence-corrected chi connectivity index (χ0v) is 12.4. The Bertz CT molecular complexity index is 653. The summed E-state index contributed by atoms with van der Waals surface area (Å²) in [5.41, 5.74) is 1.88. The van der Waals surface area contributed by atoms with Gasteiger partial charge in [0.2, 0.25) is 0 Å². The smallest absolute Gasteiger partial charge is 0.163 e. The topological polar surface area (TPSA) is 29.5 Å². The predicted molar refractivity (Wildman–Crippen MR) is 81.5 cm³/mol. The van der Waals surface area contributed by atoms with Crippen LogP contribution in [-0.4, -0.2) is 19.9 Å². The average Bonchev–Trinajstić information content (AvgIpc) is 2.46. The van der Waals surface area contributed by atoms with Crippen LogP contribution in [0.3, 0.4) is 0 Å². The Labute approximate surface area is 124 Å². The van der Waals surface area contributed by atoms with Crippen LogP contribution in [0.4, 0.5) is 10.1 Å². The van der Waals surface area contributed by atoms with Crippen LogP contribution in [0.5, 0.6) is 5.75 Å². The molecule has 21 heavy (non-hydrogen) atoms. The van der Waals surface area contributed by atoms with Crippen LogP contribution in [0.1, 0.15) is 22.8 Å². The van der Waals surface area contributed by atoms with Crippen molar-refractivity contribution in [2.75, 3.05) is 19.0 Å². The van der Waals surface area contributed by atoms with Crippen molar-refractivity contribution < 1.29 is 13.9 Å². The summed E-state index contributed by atoms with van der Waals surface area (Å²) < 4.78 is 19.3. The number of halogens is 1. The molecule has 0 atom stereocenters. The van der Waals surface area contributed by atoms with Crippen LogP contribution in [0.2, 0.25) is 0 Å². The van der Waals surface area contributed by atoms with Crippen LogP contribution < -0.4 is 9.64 Å². The van der Waals surface area contributed by atoms with Gasteiger partial charge in [0.05, 0.1) is 5.56 Å². The third kappa shape index (κ3) is 3.60. The molecule has 2 aromatic carbocycles. The highest BCUT2D eigenvalue weighted by Gasteiger charge is 2.11. The van der Waals surface area contributed by atoms with Gasteiger partial charge in [-0.2, -0.15) is 0 Å². The van der Waals surface area contributed by atoms with E-state index in [0.717, 1.165) is 5.69 Å². The Morgan fingerprint density at radius 1 is 1.19 bits per heavy atom. The second-order valence-electron chi connectivity index (χ2n) is 5.01. The molecule has 0 aliphatic carbocycles. The van der Waals surface area contributed by atoms with E-state index in [1.54, 1.807) is 30.3 Å². The van der Waals surface area contributed by atoms with Crippen molar-refractivity contribution in [2.45, 2.75) is 13.5 Å². The molecular formula is C17H18FNO2. The number of carbonyl (C=O) groups excluding carboxylic acids is 1. The van der Waals surface area contributed by atoms with E-state index in [2.05, 4.69) is 0 Å². The molecule has 4 heteroatoms. The quantitative estimate of drug-likeness (QED) is 0.786. The van der Waals surface area contributed by atoms with Crippen LogP contribution in [0.25, 0.3) is 0 Å². The molecule has 0 spiro atoms. The molecule has 0 aliphatic heterocycles. The number of benzene rings is 2. The van der Waals surface area contributed by atoms with Gasteiger partial charge >= 0.3 is 0 Å². The fraction of sp³-hybridized carbons (Fsp3) is 0.235. The van der Waals surface area contributed by atoms with E-state index >= 15 is 0 Å². The molecule has 0 saturated heterocycles. The van der Waals surface area contributed by atoms with Crippen molar-refractivity contribution in [1.82, 2.24) is 0 Å². The number of ketones is 1. The van der Waals surface area contributed by atoms with Gasteiger partial charge in [-0.25, -0.2) is 4.39 Å². The molecule has 2 aromatic rings. The Kier molecular flexibility index (Phi) is 4.58. The van der Waals surface area contributed by atoms with Gasteiger partial charge in [0, 0.05) is 31.4 Å². The number of rotatable bonds is 5. The minimum absolute atomic E-state index is 0.0798. The van der Waals surface area contributed by atoms with Gasteiger partial charge in [-0.15, -0.1) is 0 Å². The average molecular weight is 287 g/mol. The largest absolute Gasteiger partial charge is 0.488 e. The lowest BCUT2D eigenvalue weighted by Gasteiger charge is -2.16. The van der Waals surface area contributed by atoms with E-state index in [9.17, 15) is 9.18 Å². The van der Waals surface area contributed by atoms with E-state index in [1.807, 2.05) is 25.1 Å². The number of nitrogens with zero attached hydrogens (tertiary/aromatic N) is 1. The first-order valence-corrected chi connectivity index (χ1v) is 6.67. The molecule has 0 aliphatic rings. The predicted octanol–water partition coefficient (Wildman–Crippen LogP) is 3.67. The molecule has 0 radical (unpaired) electrons. The van der Waals surface area contributed by atoms with Crippen molar-refractivity contribution >= 4 is 11.5 Å². The zero-order valence-electron chi connectivity index (χ0n) is 12.4. The maximum Gasteiger partial charge on any atom is 0.163 e. The molecule has 0 amide bonds. The number of carbonyl (C=O) groups is 1. The lowest BCUT2D eigenvalue weighted by atomic mass is 10.1. The fourth-order valence-corrected chi connectivity index (χ4v) is 1.97. The summed E-state index contributed by atoms with van der Waals surface area (Å²) >= 11 is 0. The normalized spacial score (nSPS) is 10.3. The first-order valence-electron chi connectivity index (χ1n) is 6.67. The third-order valence-electron chi connectivity index (χ3n) is 3.20. The molecule has 0 heterocycles. The van der Waals surface area contributed by atoms with Crippen LogP contribution in [0, 0.1) is 5.82 Å². The molecule has 3 nitrogen and oxygen atoms in total. The second kappa shape index (κ2) is 6.39. The molecular weight excluding hydrogens is 269 g/mol. The van der Waals surface area contributed by atoms with Crippen molar-refractivity contribution in [3.8, 4) is 5.75 Å². The Balaban J connectivity index is 2.27. The van der Waals surface area contributed by atoms with Gasteiger partial charge in [0.1, 0.15) is 18.2 Å². The van der Waals surface area contributed by atoms with Gasteiger partial charge in [0.15, 0.2) is 5.78 Å². The van der Waals surface area contributed by atoms with Gasteiger partial charge in [-0.1, -0.05) is 18.2 Å². The first kappa shape index (κ1) is 15.0. The first-order chi connectivity index (χ1) is 9.99. The highest BCUT2D eigenvalue weighted by atomic mass is 19.1. The third-order valence-corrected chi connectivity index (χ3v) is 3.20. The maximum atomic E-state index is 13.6. The maximum absolute atomic E-state index is 13.6. The number of hydrogen-bond donors (Lipinski definition) is 0. The van der Waals surface area contributed by atoms with Gasteiger partial charge < -0.3 is 9.64 Å². The number of hydrogen-bond acceptors (Lipinski definition) is 3. The number of anilines is 1. The van der Waals surface area contributed by atoms with Crippen LogP contribution >= 0.6 is 0 Å². The van der Waals surface area contributed by atoms with E-state index < -0.39 is 0 Å². The van der Waals surface area contributed by atoms with Gasteiger partial charge in [0.25, 0.3) is 0 Å². The Hall–Kier alpha value is -2.36. The zero-order chi connectivity index (χ0) is 15.4. The molecule has 0 saturated carbocycles. The summed E-state index contributed by atoms with van der Waals surface area (Å²) in [5.74, 6) is 0.0754. The molecule has 0 aromatic heterocycles. The van der Waals surface area contributed by atoms with Crippen LogP contribution in [-0.2, 0) is 6.61 Å². The lowest BCUT2D eigenvalue weighted by Crippen LogP contribution is -2.10. The molecule has 0 unspecified atom stereocenters. The summed E-state index contributed by atoms with van der Waals surface area (Å²) in [6.07, 6.45) is 0. The van der Waals surface area contributed by atoms with Crippen molar-refractivity contribution in [2.24, 2.45) is 0 Å². The van der Waals surface area contributed by atoms with Gasteiger partial charge in [-0.05, 0) is 25.1 Å². The minimum Gasteiger partial charge on any atom is -0.488 e. The lowest BCUT2D eigenvalue weighted by molar-refractivity contribution is 0.101. The second-order valence-corrected chi connectivity index (χ2v) is 5.01. The van der Waals surface area contributed by atoms with Crippen molar-refractivity contribution in [3.63, 3.8) is 0 Å². The molecule has 0 bridgehead atoms. The van der Waals surface area contributed by atoms with Crippen molar-refractivity contribution in [3.05, 3.63) is 59.4 Å². The highest BCUT2D eigenvalue weighted by molar-refractivity contribution is 5.97. The highest BCUT2D eigenvalue weighted by Crippen LogP contribution is 2.26. The summed E-state index contributed by atoms with van der Waals surface area (Å²) in [6, 6.07) is 11.8. The summed E-state index contributed by atoms with van der Waals surface area (Å²) in [5, 5.41) is 0. The molecule has 110 valence electrons. The molecule has 2 rings (SSSR count). The van der Waals surface area contributed by atoms with Crippen LogP contribution in [0.15, 0.2) is 42.5 Å². The Morgan fingerprint density at radius 3 is 2.52 bits per heavy atom. The standard InChI is InChI=1S/C17H18FNO2/c1-12(20)15-9-8-14(19(2)3)10-17(15)21-11-13-6-4-5-7-16(13)18/h4-10H,11H2,1-3H3. The Morgan fingerprint density at radius 2 is 1.90 bits per heavy atom. The number of ether oxygens (including phenoxy) is 1. The summed E-state index contributed by atoms with van der Waals surface area (Å²) in [7, 11) is 3.81. The monoisotopic (exact) mass is 287 g/mol. The van der Waals surface area contributed by atoms with Crippen molar-refractivity contribution in [1.29, 1.82) is 0 Å². The van der Waals surface area contributed by atoms with Gasteiger partial charge in [-0.3, -0.25) is 4.79 Å². The SMILES string of the molecule is CC(=O)c1ccc(N(C)C)cc1OCc1ccccc1F. The fourth-order valence-electron chi connectivity index (χ4n) is 1.97. The number of Topliss-reactive ketones (excluding diaryl/α,β-unsaturated/α-hetero) is 1. The van der Waals surface area contributed by atoms with E-state index in [1.165, 1.54) is 13.0 Å². The van der Waals surface area contributed by atoms with E-state index in [4.69, 9.17) is 4.74 Å². The molecule has 0 N–H and O–H groups in total. The minimum atomic E-state index is -0.314.